The van der Waals surface area contributed by atoms with Gasteiger partial charge >= 0.3 is 0 Å². The van der Waals surface area contributed by atoms with Crippen LogP contribution in [0.3, 0.4) is 0 Å². The Kier molecular flexibility index (Phi) is 55.1. The molecule has 0 spiro atoms. The van der Waals surface area contributed by atoms with Gasteiger partial charge in [0.1, 0.15) is 24.4 Å². The molecule has 1 fully saturated rings. The number of aliphatic hydroxyl groups is 5. The number of rotatable bonds is 57. The van der Waals surface area contributed by atoms with Crippen LogP contribution in [0.15, 0.2) is 85.1 Å². The van der Waals surface area contributed by atoms with Gasteiger partial charge in [-0.25, -0.2) is 0 Å². The van der Waals surface area contributed by atoms with Crippen LogP contribution in [-0.2, 0) is 14.3 Å². The van der Waals surface area contributed by atoms with Crippen molar-refractivity contribution in [1.82, 2.24) is 5.32 Å². The largest absolute Gasteiger partial charge is 0.394 e. The summed E-state index contributed by atoms with van der Waals surface area (Å²) < 4.78 is 11.3. The van der Waals surface area contributed by atoms with Crippen LogP contribution in [0.4, 0.5) is 0 Å². The Labute approximate surface area is 486 Å². The molecule has 1 saturated heterocycles. The zero-order valence-corrected chi connectivity index (χ0v) is 51.1. The van der Waals surface area contributed by atoms with Gasteiger partial charge in [-0.05, 0) is 70.6 Å². The lowest BCUT2D eigenvalue weighted by Gasteiger charge is -2.40. The van der Waals surface area contributed by atoms with Crippen LogP contribution in [0.2, 0.25) is 0 Å². The van der Waals surface area contributed by atoms with E-state index in [4.69, 9.17) is 9.47 Å². The van der Waals surface area contributed by atoms with Crippen molar-refractivity contribution in [1.29, 1.82) is 0 Å². The van der Waals surface area contributed by atoms with Gasteiger partial charge in [0.2, 0.25) is 5.91 Å². The molecule has 9 nitrogen and oxygen atoms in total. The number of nitrogens with one attached hydrogen (secondary N) is 1. The molecule has 0 aliphatic carbocycles. The van der Waals surface area contributed by atoms with Gasteiger partial charge in [-0.2, -0.15) is 0 Å². The summed E-state index contributed by atoms with van der Waals surface area (Å²) in [5.74, 6) is -0.175. The predicted octanol–water partition coefficient (Wildman–Crippen LogP) is 17.7. The second-order valence-electron chi connectivity index (χ2n) is 22.9. The molecule has 0 radical (unpaired) electrons. The number of carbonyl (C=O) groups is 1. The first kappa shape index (κ1) is 74.4. The van der Waals surface area contributed by atoms with Crippen LogP contribution < -0.4 is 5.32 Å². The molecule has 79 heavy (non-hydrogen) atoms. The Morgan fingerprint density at radius 1 is 0.443 bits per heavy atom. The topological polar surface area (TPSA) is 149 Å². The van der Waals surface area contributed by atoms with Crippen LogP contribution in [-0.4, -0.2) is 87.5 Å². The minimum Gasteiger partial charge on any atom is -0.394 e. The third kappa shape index (κ3) is 47.6. The molecule has 0 aromatic heterocycles. The normalized spacial score (nSPS) is 19.1. The van der Waals surface area contributed by atoms with Gasteiger partial charge in [0.15, 0.2) is 6.29 Å². The number of allylic oxidation sites excluding steroid dienone is 14. The highest BCUT2D eigenvalue weighted by Gasteiger charge is 2.44. The molecular weight excluding hydrogens is 983 g/mol. The first-order valence-electron chi connectivity index (χ1n) is 33.3. The van der Waals surface area contributed by atoms with E-state index in [9.17, 15) is 30.3 Å². The molecule has 458 valence electrons. The predicted molar refractivity (Wildman–Crippen MR) is 336 cm³/mol. The SMILES string of the molecule is CC/C=C\C/C=C\C/C=C\C/C=C\C/C=C\C/C=C\C/C=C\CCCCCC(=O)NC(COC1OC(CO)C(O)C(O)C1O)C(O)CCCCCCCCCCCCCCCCCCCCCCCCCCCCCCCCC. The van der Waals surface area contributed by atoms with Crippen molar-refractivity contribution in [3.63, 3.8) is 0 Å². The second-order valence-corrected chi connectivity index (χ2v) is 22.9. The van der Waals surface area contributed by atoms with Crippen LogP contribution >= 0.6 is 0 Å². The molecule has 9 heteroatoms. The monoisotopic (exact) mass is 1110 g/mol. The van der Waals surface area contributed by atoms with Crippen molar-refractivity contribution in [2.45, 2.75) is 339 Å². The van der Waals surface area contributed by atoms with Gasteiger partial charge < -0.3 is 40.3 Å². The highest BCUT2D eigenvalue weighted by molar-refractivity contribution is 5.76. The average Bonchev–Trinajstić information content (AvgIpc) is 3.47. The van der Waals surface area contributed by atoms with Crippen molar-refractivity contribution in [2.24, 2.45) is 0 Å². The molecule has 1 aliphatic rings. The Morgan fingerprint density at radius 3 is 1.15 bits per heavy atom. The summed E-state index contributed by atoms with van der Waals surface area (Å²) in [7, 11) is 0. The lowest BCUT2D eigenvalue weighted by molar-refractivity contribution is -0.302. The molecule has 6 N–H and O–H groups in total. The van der Waals surface area contributed by atoms with Crippen LogP contribution in [0.5, 0.6) is 0 Å². The third-order valence-corrected chi connectivity index (χ3v) is 15.5. The Morgan fingerprint density at radius 2 is 0.785 bits per heavy atom. The van der Waals surface area contributed by atoms with Crippen molar-refractivity contribution in [2.75, 3.05) is 13.2 Å². The summed E-state index contributed by atoms with van der Waals surface area (Å²) in [5, 5.41) is 54.8. The fraction of sp³-hybridized carbons (Fsp3) is 0.786. The third-order valence-electron chi connectivity index (χ3n) is 15.5. The van der Waals surface area contributed by atoms with E-state index in [1.165, 1.54) is 180 Å². The molecule has 7 unspecified atom stereocenters. The minimum absolute atomic E-state index is 0.156. The number of carbonyl (C=O) groups excluding carboxylic acids is 1. The van der Waals surface area contributed by atoms with Crippen molar-refractivity contribution in [3.05, 3.63) is 85.1 Å². The van der Waals surface area contributed by atoms with Crippen LogP contribution in [0.1, 0.15) is 296 Å². The highest BCUT2D eigenvalue weighted by atomic mass is 16.7. The summed E-state index contributed by atoms with van der Waals surface area (Å²) >= 11 is 0. The smallest absolute Gasteiger partial charge is 0.220 e. The fourth-order valence-corrected chi connectivity index (χ4v) is 10.3. The second kappa shape index (κ2) is 58.6. The van der Waals surface area contributed by atoms with Gasteiger partial charge in [-0.15, -0.1) is 0 Å². The van der Waals surface area contributed by atoms with Crippen LogP contribution in [0, 0.1) is 0 Å². The molecule has 0 bridgehead atoms. The number of aliphatic hydroxyl groups excluding tert-OH is 5. The minimum atomic E-state index is -1.57. The molecule has 0 aromatic carbocycles. The first-order valence-corrected chi connectivity index (χ1v) is 33.3. The molecule has 1 heterocycles. The summed E-state index contributed by atoms with van der Waals surface area (Å²) in [6, 6.07) is -0.745. The lowest BCUT2D eigenvalue weighted by Crippen LogP contribution is -2.60. The summed E-state index contributed by atoms with van der Waals surface area (Å²) in [6.45, 7) is 3.73. The Bertz CT molecular complexity index is 1520. The van der Waals surface area contributed by atoms with E-state index >= 15 is 0 Å². The maximum absolute atomic E-state index is 13.1. The molecule has 1 amide bonds. The summed E-state index contributed by atoms with van der Waals surface area (Å²) in [6.07, 6.45) is 76.4. The maximum Gasteiger partial charge on any atom is 0.220 e. The zero-order valence-electron chi connectivity index (χ0n) is 51.1. The molecular formula is C70H125NO8. The fourth-order valence-electron chi connectivity index (χ4n) is 10.3. The molecule has 7 atom stereocenters. The quantitative estimate of drug-likeness (QED) is 0.0261. The van der Waals surface area contributed by atoms with Crippen molar-refractivity contribution >= 4 is 5.91 Å². The molecule has 0 aromatic rings. The average molecular weight is 1110 g/mol. The summed E-state index contributed by atoms with van der Waals surface area (Å²) in [4.78, 5) is 13.1. The molecule has 1 aliphatic heterocycles. The van der Waals surface area contributed by atoms with E-state index in [1.54, 1.807) is 0 Å². The molecule has 1 rings (SSSR count). The summed E-state index contributed by atoms with van der Waals surface area (Å²) in [5.41, 5.74) is 0. The van der Waals surface area contributed by atoms with E-state index in [2.05, 4.69) is 104 Å². The van der Waals surface area contributed by atoms with Gasteiger partial charge in [-0.3, -0.25) is 4.79 Å². The van der Waals surface area contributed by atoms with E-state index in [0.29, 0.717) is 12.8 Å². The van der Waals surface area contributed by atoms with Crippen molar-refractivity contribution in [3.8, 4) is 0 Å². The number of hydrogen-bond donors (Lipinski definition) is 6. The number of unbranched alkanes of at least 4 members (excludes halogenated alkanes) is 33. The number of amides is 1. The molecule has 0 saturated carbocycles. The highest BCUT2D eigenvalue weighted by Crippen LogP contribution is 2.23. The standard InChI is InChI=1S/C70H125NO8/c1-3-5-7-9-11-13-15-17-19-21-23-25-27-29-30-31-32-33-34-36-37-39-41-43-45-47-49-51-53-55-57-59-64(73)63(62-78-70-69(77)68(76)67(75)65(61-72)79-70)71-66(74)60-58-56-54-52-50-48-46-44-42-40-38-35-28-26-24-22-20-18-16-14-12-10-8-6-4-2/h6,8,12,14,18,20,24,26,35,38,42,44,48,50,63-65,67-70,72-73,75-77H,3-5,7,9-11,13,15-17,19,21-23,25,27-34,36-37,39-41,43,45-47,49,51-62H2,1-2H3,(H,71,74)/b8-6-,14-12-,20-18-,26-24-,38-35-,44-42-,50-48-. The Hall–Kier alpha value is -2.63. The van der Waals surface area contributed by atoms with E-state index in [-0.39, 0.29) is 12.5 Å². The number of ether oxygens (including phenoxy) is 2. The van der Waals surface area contributed by atoms with Crippen molar-refractivity contribution < 1.29 is 39.8 Å². The lowest BCUT2D eigenvalue weighted by atomic mass is 9.99. The van der Waals surface area contributed by atoms with Gasteiger partial charge in [-0.1, -0.05) is 304 Å². The van der Waals surface area contributed by atoms with Crippen LogP contribution in [0.25, 0.3) is 0 Å². The van der Waals surface area contributed by atoms with Gasteiger partial charge in [0, 0.05) is 6.42 Å². The number of hydrogen-bond acceptors (Lipinski definition) is 8. The van der Waals surface area contributed by atoms with Gasteiger partial charge in [0.05, 0.1) is 25.4 Å². The van der Waals surface area contributed by atoms with E-state index < -0.39 is 49.5 Å². The zero-order chi connectivity index (χ0) is 57.2. The van der Waals surface area contributed by atoms with Gasteiger partial charge in [0.25, 0.3) is 0 Å². The Balaban J connectivity index is 2.17. The van der Waals surface area contributed by atoms with E-state index in [0.717, 1.165) is 89.9 Å². The first-order chi connectivity index (χ1) is 38.8. The maximum atomic E-state index is 13.1. The van der Waals surface area contributed by atoms with E-state index in [1.807, 2.05) is 0 Å².